The molecule has 3 aromatic rings. The summed E-state index contributed by atoms with van der Waals surface area (Å²) in [4.78, 5) is 12.8. The Morgan fingerprint density at radius 1 is 0.842 bits per heavy atom. The molecule has 0 N–H and O–H groups in total. The van der Waals surface area contributed by atoms with Crippen molar-refractivity contribution in [3.63, 3.8) is 0 Å². The van der Waals surface area contributed by atoms with Crippen LogP contribution in [0.3, 0.4) is 0 Å². The molecule has 0 amide bonds. The molecule has 4 heteroatoms. The van der Waals surface area contributed by atoms with E-state index in [-0.39, 0.29) is 0 Å². The highest BCUT2D eigenvalue weighted by Gasteiger charge is 2.08. The lowest BCUT2D eigenvalue weighted by Crippen LogP contribution is -1.93. The van der Waals surface area contributed by atoms with Gasteiger partial charge in [-0.1, -0.05) is 48.0 Å². The molecular formula is C15H10ClN3. The first-order valence-corrected chi connectivity index (χ1v) is 6.22. The van der Waals surface area contributed by atoms with Crippen molar-refractivity contribution < 1.29 is 0 Å². The third kappa shape index (κ3) is 2.46. The zero-order chi connectivity index (χ0) is 13.1. The van der Waals surface area contributed by atoms with E-state index in [2.05, 4.69) is 15.0 Å². The van der Waals surface area contributed by atoms with E-state index >= 15 is 0 Å². The first kappa shape index (κ1) is 11.8. The number of aromatic nitrogens is 3. The Morgan fingerprint density at radius 2 is 1.63 bits per heavy atom. The summed E-state index contributed by atoms with van der Waals surface area (Å²) < 4.78 is 0. The SMILES string of the molecule is Clc1nc(-c2ccccn2)ncc1-c1ccccc1. The number of halogens is 1. The summed E-state index contributed by atoms with van der Waals surface area (Å²) in [5.41, 5.74) is 2.53. The molecule has 0 unspecified atom stereocenters. The Morgan fingerprint density at radius 3 is 2.32 bits per heavy atom. The lowest BCUT2D eigenvalue weighted by Gasteiger charge is -2.05. The maximum absolute atomic E-state index is 6.23. The Balaban J connectivity index is 2.04. The summed E-state index contributed by atoms with van der Waals surface area (Å²) in [6, 6.07) is 15.4. The van der Waals surface area contributed by atoms with Crippen LogP contribution in [-0.2, 0) is 0 Å². The Labute approximate surface area is 116 Å². The van der Waals surface area contributed by atoms with E-state index in [9.17, 15) is 0 Å². The van der Waals surface area contributed by atoms with Crippen LogP contribution in [0.2, 0.25) is 5.15 Å². The molecule has 3 nitrogen and oxygen atoms in total. The van der Waals surface area contributed by atoms with E-state index < -0.39 is 0 Å². The number of pyridine rings is 1. The van der Waals surface area contributed by atoms with Crippen molar-refractivity contribution in [1.29, 1.82) is 0 Å². The third-order valence-electron chi connectivity index (χ3n) is 2.72. The molecule has 2 aromatic heterocycles. The molecule has 0 bridgehead atoms. The maximum atomic E-state index is 6.23. The first-order chi connectivity index (χ1) is 9.34. The molecule has 3 rings (SSSR count). The monoisotopic (exact) mass is 267 g/mol. The standard InChI is InChI=1S/C15H10ClN3/c16-14-12(11-6-2-1-3-7-11)10-18-15(19-14)13-8-4-5-9-17-13/h1-10H. The van der Waals surface area contributed by atoms with E-state index in [4.69, 9.17) is 11.6 Å². The van der Waals surface area contributed by atoms with Gasteiger partial charge < -0.3 is 0 Å². The van der Waals surface area contributed by atoms with Crippen LogP contribution in [0.25, 0.3) is 22.6 Å². The fraction of sp³-hybridized carbons (Fsp3) is 0. The summed E-state index contributed by atoms with van der Waals surface area (Å²) in [5.74, 6) is 0.533. The first-order valence-electron chi connectivity index (χ1n) is 5.84. The van der Waals surface area contributed by atoms with E-state index in [1.54, 1.807) is 12.4 Å². The van der Waals surface area contributed by atoms with Crippen molar-refractivity contribution in [2.45, 2.75) is 0 Å². The van der Waals surface area contributed by atoms with Gasteiger partial charge in [-0.15, -0.1) is 0 Å². The second-order valence-corrected chi connectivity index (χ2v) is 4.34. The third-order valence-corrected chi connectivity index (χ3v) is 3.01. The molecule has 0 aliphatic heterocycles. The molecule has 0 aliphatic carbocycles. The molecule has 0 saturated carbocycles. The van der Waals surface area contributed by atoms with Gasteiger partial charge >= 0.3 is 0 Å². The highest BCUT2D eigenvalue weighted by Crippen LogP contribution is 2.26. The van der Waals surface area contributed by atoms with Crippen LogP contribution in [0.15, 0.2) is 60.9 Å². The Bertz CT molecular complexity index is 684. The largest absolute Gasteiger partial charge is 0.253 e. The number of hydrogen-bond donors (Lipinski definition) is 0. The van der Waals surface area contributed by atoms with Gasteiger partial charge in [-0.25, -0.2) is 9.97 Å². The number of hydrogen-bond acceptors (Lipinski definition) is 3. The van der Waals surface area contributed by atoms with Crippen LogP contribution >= 0.6 is 11.6 Å². The van der Waals surface area contributed by atoms with Gasteiger partial charge in [0.2, 0.25) is 0 Å². The van der Waals surface area contributed by atoms with Crippen LogP contribution in [0.4, 0.5) is 0 Å². The van der Waals surface area contributed by atoms with Gasteiger partial charge in [-0.3, -0.25) is 4.98 Å². The minimum absolute atomic E-state index is 0.432. The quantitative estimate of drug-likeness (QED) is 0.662. The van der Waals surface area contributed by atoms with Crippen LogP contribution in [-0.4, -0.2) is 15.0 Å². The predicted molar refractivity (Wildman–Crippen MR) is 75.7 cm³/mol. The molecule has 0 fully saturated rings. The van der Waals surface area contributed by atoms with Crippen LogP contribution in [0.1, 0.15) is 0 Å². The number of rotatable bonds is 2. The van der Waals surface area contributed by atoms with Gasteiger partial charge in [-0.05, 0) is 17.7 Å². The fourth-order valence-corrected chi connectivity index (χ4v) is 2.03. The summed E-state index contributed by atoms with van der Waals surface area (Å²) in [5, 5.41) is 0.432. The molecule has 0 spiro atoms. The molecule has 0 aliphatic rings. The lowest BCUT2D eigenvalue weighted by atomic mass is 10.1. The molecule has 92 valence electrons. The van der Waals surface area contributed by atoms with Crippen molar-refractivity contribution in [3.05, 3.63) is 66.1 Å². The molecule has 19 heavy (non-hydrogen) atoms. The van der Waals surface area contributed by atoms with Crippen LogP contribution in [0, 0.1) is 0 Å². The van der Waals surface area contributed by atoms with Crippen molar-refractivity contribution in [2.75, 3.05) is 0 Å². The van der Waals surface area contributed by atoms with E-state index in [1.807, 2.05) is 48.5 Å². The van der Waals surface area contributed by atoms with Crippen LogP contribution in [0.5, 0.6) is 0 Å². The summed E-state index contributed by atoms with van der Waals surface area (Å²) in [7, 11) is 0. The maximum Gasteiger partial charge on any atom is 0.179 e. The molecule has 0 radical (unpaired) electrons. The van der Waals surface area contributed by atoms with E-state index in [0.717, 1.165) is 11.1 Å². The van der Waals surface area contributed by atoms with Crippen molar-refractivity contribution in [2.24, 2.45) is 0 Å². The number of nitrogens with zero attached hydrogens (tertiary/aromatic N) is 3. The summed E-state index contributed by atoms with van der Waals surface area (Å²) >= 11 is 6.23. The summed E-state index contributed by atoms with van der Waals surface area (Å²) in [6.45, 7) is 0. The molecular weight excluding hydrogens is 258 g/mol. The van der Waals surface area contributed by atoms with Gasteiger partial charge in [-0.2, -0.15) is 0 Å². The lowest BCUT2D eigenvalue weighted by molar-refractivity contribution is 1.14. The van der Waals surface area contributed by atoms with Crippen molar-refractivity contribution in [1.82, 2.24) is 15.0 Å². The molecule has 0 atom stereocenters. The fourth-order valence-electron chi connectivity index (χ4n) is 1.79. The second-order valence-electron chi connectivity index (χ2n) is 3.98. The molecule has 0 saturated heterocycles. The Hall–Kier alpha value is -2.26. The van der Waals surface area contributed by atoms with Gasteiger partial charge in [0.1, 0.15) is 10.8 Å². The van der Waals surface area contributed by atoms with Gasteiger partial charge in [0.15, 0.2) is 5.82 Å². The highest BCUT2D eigenvalue weighted by atomic mass is 35.5. The molecule has 1 aromatic carbocycles. The highest BCUT2D eigenvalue weighted by molar-refractivity contribution is 6.32. The normalized spacial score (nSPS) is 10.4. The average Bonchev–Trinajstić information content (AvgIpc) is 2.49. The average molecular weight is 268 g/mol. The minimum Gasteiger partial charge on any atom is -0.253 e. The van der Waals surface area contributed by atoms with Gasteiger partial charge in [0.05, 0.1) is 0 Å². The topological polar surface area (TPSA) is 38.7 Å². The zero-order valence-corrected chi connectivity index (χ0v) is 10.7. The van der Waals surface area contributed by atoms with Crippen molar-refractivity contribution in [3.8, 4) is 22.6 Å². The van der Waals surface area contributed by atoms with E-state index in [0.29, 0.717) is 16.7 Å². The Kier molecular flexibility index (Phi) is 3.21. The zero-order valence-electron chi connectivity index (χ0n) is 9.99. The second kappa shape index (κ2) is 5.16. The van der Waals surface area contributed by atoms with Gasteiger partial charge in [0, 0.05) is 18.0 Å². The van der Waals surface area contributed by atoms with Crippen LogP contribution < -0.4 is 0 Å². The number of benzene rings is 1. The minimum atomic E-state index is 0.432. The smallest absolute Gasteiger partial charge is 0.179 e. The molecule has 2 heterocycles. The predicted octanol–water partition coefficient (Wildman–Crippen LogP) is 3.86. The van der Waals surface area contributed by atoms with Gasteiger partial charge in [0.25, 0.3) is 0 Å². The van der Waals surface area contributed by atoms with Crippen molar-refractivity contribution >= 4 is 11.6 Å². The summed E-state index contributed by atoms with van der Waals surface area (Å²) in [6.07, 6.45) is 3.44. The van der Waals surface area contributed by atoms with E-state index in [1.165, 1.54) is 0 Å².